The third-order valence-electron chi connectivity index (χ3n) is 4.73. The van der Waals surface area contributed by atoms with Crippen molar-refractivity contribution in [3.63, 3.8) is 0 Å². The van der Waals surface area contributed by atoms with Crippen LogP contribution in [0.25, 0.3) is 39.2 Å². The molecule has 0 bridgehead atoms. The third-order valence-corrected chi connectivity index (χ3v) is 4.73. The first-order valence-corrected chi connectivity index (χ1v) is 8.96. The van der Waals surface area contributed by atoms with Crippen LogP contribution in [-0.4, -0.2) is 14.8 Å². The quantitative estimate of drug-likeness (QED) is 0.372. The van der Waals surface area contributed by atoms with Crippen LogP contribution < -0.4 is 0 Å². The molecule has 4 aromatic carbocycles. The van der Waals surface area contributed by atoms with Gasteiger partial charge in [0.2, 0.25) is 0 Å². The van der Waals surface area contributed by atoms with Gasteiger partial charge in [-0.05, 0) is 11.5 Å². The monoisotopic (exact) mass is 363 g/mol. The van der Waals surface area contributed by atoms with Crippen molar-refractivity contribution in [1.29, 1.82) is 0 Å². The molecule has 5 rings (SSSR count). The average molecular weight is 363 g/mol. The molecular weight excluding hydrogens is 342 g/mol. The first kappa shape index (κ1) is 17.7. The summed E-state index contributed by atoms with van der Waals surface area (Å²) in [7, 11) is 0. The van der Waals surface area contributed by atoms with Gasteiger partial charge in [0.05, 0.1) is 5.69 Å². The fourth-order valence-electron chi connectivity index (χ4n) is 3.46. The van der Waals surface area contributed by atoms with Gasteiger partial charge in [-0.3, -0.25) is 4.57 Å². The number of nitrogens with zero attached hydrogens (tertiary/aromatic N) is 3. The summed E-state index contributed by atoms with van der Waals surface area (Å²) in [4.78, 5) is 0. The summed E-state index contributed by atoms with van der Waals surface area (Å²) in [6.07, 6.45) is 0. The molecule has 0 fully saturated rings. The Labute approximate surface area is 164 Å². The lowest BCUT2D eigenvalue weighted by atomic mass is 10.1. The zero-order valence-corrected chi connectivity index (χ0v) is 14.7. The topological polar surface area (TPSA) is 30.7 Å². The van der Waals surface area contributed by atoms with Gasteiger partial charge < -0.3 is 0 Å². The van der Waals surface area contributed by atoms with Crippen molar-refractivity contribution < 1.29 is 0 Å². The van der Waals surface area contributed by atoms with Crippen molar-refractivity contribution >= 4 is 10.8 Å². The van der Waals surface area contributed by atoms with Crippen LogP contribution >= 0.6 is 0 Å². The Bertz CT molecular complexity index is 1150. The maximum atomic E-state index is 4.56. The molecular formula is C25H21N3. The lowest BCUT2D eigenvalue weighted by Crippen LogP contribution is -2.01. The second kappa shape index (κ2) is 7.49. The standard InChI is InChI=1S/C24H17N3.CH4/c1-3-11-19(12-4-1)23-25-26-24(20-13-5-2-6-14-20)27(23)22-17-9-15-18-10-7-8-16-21(18)22;/h1-17H;1H4. The molecule has 0 aliphatic heterocycles. The molecule has 0 aliphatic carbocycles. The largest absolute Gasteiger partial charge is 0.274 e. The van der Waals surface area contributed by atoms with Gasteiger partial charge in [-0.2, -0.15) is 0 Å². The highest BCUT2D eigenvalue weighted by atomic mass is 15.3. The van der Waals surface area contributed by atoms with Crippen molar-refractivity contribution in [3.8, 4) is 28.5 Å². The maximum Gasteiger partial charge on any atom is 0.168 e. The second-order valence-electron chi connectivity index (χ2n) is 6.41. The smallest absolute Gasteiger partial charge is 0.168 e. The van der Waals surface area contributed by atoms with E-state index in [-0.39, 0.29) is 7.43 Å². The minimum atomic E-state index is 0. The van der Waals surface area contributed by atoms with E-state index >= 15 is 0 Å². The highest BCUT2D eigenvalue weighted by Gasteiger charge is 2.18. The highest BCUT2D eigenvalue weighted by molar-refractivity contribution is 5.91. The molecule has 0 atom stereocenters. The van der Waals surface area contributed by atoms with E-state index in [1.54, 1.807) is 0 Å². The van der Waals surface area contributed by atoms with Crippen molar-refractivity contribution in [2.75, 3.05) is 0 Å². The molecule has 0 radical (unpaired) electrons. The Balaban J connectivity index is 0.00000192. The van der Waals surface area contributed by atoms with Crippen LogP contribution in [0.1, 0.15) is 7.43 Å². The normalized spacial score (nSPS) is 10.6. The number of rotatable bonds is 3. The minimum Gasteiger partial charge on any atom is -0.274 e. The number of hydrogen-bond acceptors (Lipinski definition) is 2. The van der Waals surface area contributed by atoms with Crippen molar-refractivity contribution in [1.82, 2.24) is 14.8 Å². The lowest BCUT2D eigenvalue weighted by Gasteiger charge is -2.13. The summed E-state index contributed by atoms with van der Waals surface area (Å²) < 4.78 is 2.16. The molecule has 3 heteroatoms. The van der Waals surface area contributed by atoms with E-state index in [1.807, 2.05) is 36.4 Å². The number of aromatic nitrogens is 3. The molecule has 0 unspecified atom stereocenters. The van der Waals surface area contributed by atoms with Gasteiger partial charge in [0, 0.05) is 16.5 Å². The van der Waals surface area contributed by atoms with Gasteiger partial charge >= 0.3 is 0 Å². The molecule has 3 nitrogen and oxygen atoms in total. The number of hydrogen-bond donors (Lipinski definition) is 0. The van der Waals surface area contributed by atoms with Gasteiger partial charge in [0.1, 0.15) is 0 Å². The number of fused-ring (bicyclic) bond motifs is 1. The van der Waals surface area contributed by atoms with E-state index in [2.05, 4.69) is 81.5 Å². The lowest BCUT2D eigenvalue weighted by molar-refractivity contribution is 1.08. The SMILES string of the molecule is C.c1ccc(-c2nnc(-c3ccccc3)n2-c2cccc3ccccc23)cc1. The highest BCUT2D eigenvalue weighted by Crippen LogP contribution is 2.31. The molecule has 0 saturated heterocycles. The van der Waals surface area contributed by atoms with Gasteiger partial charge in [-0.1, -0.05) is 104 Å². The molecule has 1 aromatic heterocycles. The fraction of sp³-hybridized carbons (Fsp3) is 0.0400. The average Bonchev–Trinajstić information content (AvgIpc) is 3.19. The van der Waals surface area contributed by atoms with E-state index in [9.17, 15) is 0 Å². The summed E-state index contributed by atoms with van der Waals surface area (Å²) in [6.45, 7) is 0. The predicted octanol–water partition coefficient (Wildman–Crippen LogP) is 6.39. The Morgan fingerprint density at radius 2 is 1.00 bits per heavy atom. The molecule has 0 aliphatic rings. The zero-order chi connectivity index (χ0) is 18.1. The molecule has 0 saturated carbocycles. The second-order valence-corrected chi connectivity index (χ2v) is 6.41. The summed E-state index contributed by atoms with van der Waals surface area (Å²) in [6, 6.07) is 35.2. The molecule has 28 heavy (non-hydrogen) atoms. The third kappa shape index (κ3) is 2.97. The van der Waals surface area contributed by atoms with Crippen LogP contribution in [0, 0.1) is 0 Å². The van der Waals surface area contributed by atoms with Gasteiger partial charge in [0.25, 0.3) is 0 Å². The van der Waals surface area contributed by atoms with Crippen molar-refractivity contribution in [2.24, 2.45) is 0 Å². The molecule has 136 valence electrons. The predicted molar refractivity (Wildman–Crippen MR) is 116 cm³/mol. The van der Waals surface area contributed by atoms with Gasteiger partial charge in [0.15, 0.2) is 11.6 Å². The maximum absolute atomic E-state index is 4.56. The molecule has 5 aromatic rings. The summed E-state index contributed by atoms with van der Waals surface area (Å²) in [5.74, 6) is 1.68. The van der Waals surface area contributed by atoms with Crippen LogP contribution in [-0.2, 0) is 0 Å². The molecule has 1 heterocycles. The Morgan fingerprint density at radius 3 is 1.61 bits per heavy atom. The van der Waals surface area contributed by atoms with Crippen LogP contribution in [0.3, 0.4) is 0 Å². The molecule has 0 amide bonds. The van der Waals surface area contributed by atoms with Crippen LogP contribution in [0.15, 0.2) is 103 Å². The summed E-state index contributed by atoms with van der Waals surface area (Å²) in [5, 5.41) is 11.5. The first-order valence-electron chi connectivity index (χ1n) is 8.96. The van der Waals surface area contributed by atoms with Crippen LogP contribution in [0.4, 0.5) is 0 Å². The zero-order valence-electron chi connectivity index (χ0n) is 14.7. The van der Waals surface area contributed by atoms with Crippen LogP contribution in [0.2, 0.25) is 0 Å². The Kier molecular flexibility index (Phi) is 4.73. The van der Waals surface area contributed by atoms with E-state index in [0.29, 0.717) is 0 Å². The Morgan fingerprint density at radius 1 is 0.500 bits per heavy atom. The first-order chi connectivity index (χ1) is 13.4. The molecule has 0 N–H and O–H groups in total. The van der Waals surface area contributed by atoms with E-state index in [4.69, 9.17) is 0 Å². The van der Waals surface area contributed by atoms with Crippen LogP contribution in [0.5, 0.6) is 0 Å². The molecule has 0 spiro atoms. The number of benzene rings is 4. The van der Waals surface area contributed by atoms with Crippen molar-refractivity contribution in [3.05, 3.63) is 103 Å². The van der Waals surface area contributed by atoms with E-state index in [1.165, 1.54) is 10.8 Å². The minimum absolute atomic E-state index is 0. The van der Waals surface area contributed by atoms with E-state index in [0.717, 1.165) is 28.5 Å². The summed E-state index contributed by atoms with van der Waals surface area (Å²) in [5.41, 5.74) is 3.16. The van der Waals surface area contributed by atoms with Gasteiger partial charge in [-0.25, -0.2) is 0 Å². The Hall–Kier alpha value is -3.72. The van der Waals surface area contributed by atoms with E-state index < -0.39 is 0 Å². The van der Waals surface area contributed by atoms with Gasteiger partial charge in [-0.15, -0.1) is 10.2 Å². The fourth-order valence-corrected chi connectivity index (χ4v) is 3.46. The summed E-state index contributed by atoms with van der Waals surface area (Å²) >= 11 is 0. The van der Waals surface area contributed by atoms with Crippen molar-refractivity contribution in [2.45, 2.75) is 7.43 Å².